The number of ether oxygens (including phenoxy) is 1. The number of carboxylic acids is 1. The normalized spacial score (nSPS) is 17.0. The number of benzene rings is 1. The first-order valence-corrected chi connectivity index (χ1v) is 9.98. The summed E-state index contributed by atoms with van der Waals surface area (Å²) in [6.07, 6.45) is 0.953. The standard InChI is InChI=1S/C18H27NO5S/c1-18(2,3)14-4-6-16(7-5-14)25(22,23)19(11-8-17(20)21)15-9-12-24-13-10-15/h4-7,15H,8-13H2,1-3H3,(H,20,21). The van der Waals surface area contributed by atoms with E-state index in [4.69, 9.17) is 9.84 Å². The Labute approximate surface area is 149 Å². The zero-order valence-electron chi connectivity index (χ0n) is 15.1. The molecule has 1 fully saturated rings. The van der Waals surface area contributed by atoms with Crippen molar-refractivity contribution in [1.29, 1.82) is 0 Å². The second-order valence-corrected chi connectivity index (χ2v) is 9.27. The summed E-state index contributed by atoms with van der Waals surface area (Å²) in [4.78, 5) is 11.2. The van der Waals surface area contributed by atoms with Crippen molar-refractivity contribution in [3.05, 3.63) is 29.8 Å². The van der Waals surface area contributed by atoms with Gasteiger partial charge in [0.25, 0.3) is 0 Å². The van der Waals surface area contributed by atoms with Gasteiger partial charge in [-0.3, -0.25) is 4.79 Å². The number of carboxylic acid groups (broad SMARTS) is 1. The molecule has 1 N–H and O–H groups in total. The summed E-state index contributed by atoms with van der Waals surface area (Å²) in [5.41, 5.74) is 0.987. The number of nitrogens with zero attached hydrogens (tertiary/aromatic N) is 1. The fraction of sp³-hybridized carbons (Fsp3) is 0.611. The molecule has 1 heterocycles. The first-order valence-electron chi connectivity index (χ1n) is 8.54. The monoisotopic (exact) mass is 369 g/mol. The van der Waals surface area contributed by atoms with E-state index in [1.165, 1.54) is 4.31 Å². The van der Waals surface area contributed by atoms with Crippen molar-refractivity contribution < 1.29 is 23.1 Å². The average Bonchev–Trinajstić information content (AvgIpc) is 2.55. The zero-order chi connectivity index (χ0) is 18.7. The molecular weight excluding hydrogens is 342 g/mol. The number of aliphatic carboxylic acids is 1. The molecule has 0 bridgehead atoms. The second-order valence-electron chi connectivity index (χ2n) is 7.38. The van der Waals surface area contributed by atoms with Gasteiger partial charge >= 0.3 is 5.97 Å². The van der Waals surface area contributed by atoms with Crippen molar-refractivity contribution in [3.8, 4) is 0 Å². The molecule has 0 unspecified atom stereocenters. The van der Waals surface area contributed by atoms with Gasteiger partial charge in [0.05, 0.1) is 11.3 Å². The molecule has 1 aromatic rings. The second kappa shape index (κ2) is 7.85. The molecule has 1 aliphatic heterocycles. The molecule has 0 radical (unpaired) electrons. The highest BCUT2D eigenvalue weighted by Crippen LogP contribution is 2.27. The third-order valence-corrected chi connectivity index (χ3v) is 6.44. The molecule has 1 aromatic carbocycles. The minimum absolute atomic E-state index is 0.0244. The third-order valence-electron chi connectivity index (χ3n) is 4.47. The molecule has 0 saturated carbocycles. The maximum atomic E-state index is 13.1. The van der Waals surface area contributed by atoms with E-state index in [1.54, 1.807) is 12.1 Å². The first-order chi connectivity index (χ1) is 11.6. The Morgan fingerprint density at radius 2 is 1.76 bits per heavy atom. The summed E-state index contributed by atoms with van der Waals surface area (Å²) in [6.45, 7) is 7.16. The van der Waals surface area contributed by atoms with E-state index < -0.39 is 16.0 Å². The fourth-order valence-electron chi connectivity index (χ4n) is 2.94. The number of carbonyl (C=O) groups is 1. The van der Waals surface area contributed by atoms with Crippen LogP contribution in [0, 0.1) is 0 Å². The first kappa shape index (κ1) is 19.9. The van der Waals surface area contributed by atoms with Crippen LogP contribution in [0.2, 0.25) is 0 Å². The quantitative estimate of drug-likeness (QED) is 0.833. The number of hydrogen-bond acceptors (Lipinski definition) is 4. The smallest absolute Gasteiger partial charge is 0.304 e. The van der Waals surface area contributed by atoms with Gasteiger partial charge in [0.1, 0.15) is 0 Å². The lowest BCUT2D eigenvalue weighted by Crippen LogP contribution is -2.44. The average molecular weight is 369 g/mol. The van der Waals surface area contributed by atoms with Crippen LogP contribution in [0.5, 0.6) is 0 Å². The van der Waals surface area contributed by atoms with Crippen LogP contribution in [-0.4, -0.2) is 49.6 Å². The van der Waals surface area contributed by atoms with Gasteiger partial charge in [-0.15, -0.1) is 0 Å². The van der Waals surface area contributed by atoms with E-state index in [0.29, 0.717) is 26.1 Å². The largest absolute Gasteiger partial charge is 0.481 e. The van der Waals surface area contributed by atoms with Gasteiger partial charge < -0.3 is 9.84 Å². The molecule has 25 heavy (non-hydrogen) atoms. The minimum Gasteiger partial charge on any atom is -0.481 e. The van der Waals surface area contributed by atoms with Crippen molar-refractivity contribution in [2.45, 2.75) is 56.4 Å². The van der Waals surface area contributed by atoms with E-state index in [0.717, 1.165) is 5.56 Å². The Morgan fingerprint density at radius 3 is 2.24 bits per heavy atom. The minimum atomic E-state index is -3.74. The van der Waals surface area contributed by atoms with Crippen LogP contribution in [-0.2, 0) is 25.0 Å². The summed E-state index contributed by atoms with van der Waals surface area (Å²) in [7, 11) is -3.74. The van der Waals surface area contributed by atoms with Gasteiger partial charge in [0, 0.05) is 25.8 Å². The van der Waals surface area contributed by atoms with Crippen molar-refractivity contribution in [1.82, 2.24) is 4.31 Å². The summed E-state index contributed by atoms with van der Waals surface area (Å²) < 4.78 is 32.8. The van der Waals surface area contributed by atoms with Crippen LogP contribution in [0.25, 0.3) is 0 Å². The van der Waals surface area contributed by atoms with Crippen molar-refractivity contribution in [2.24, 2.45) is 0 Å². The highest BCUT2D eigenvalue weighted by Gasteiger charge is 2.33. The molecule has 0 aromatic heterocycles. The Kier molecular flexibility index (Phi) is 6.24. The Bertz CT molecular complexity index is 685. The molecule has 140 valence electrons. The van der Waals surface area contributed by atoms with E-state index in [-0.39, 0.29) is 29.3 Å². The summed E-state index contributed by atoms with van der Waals surface area (Å²) >= 11 is 0. The molecule has 1 aliphatic rings. The van der Waals surface area contributed by atoms with E-state index in [1.807, 2.05) is 12.1 Å². The van der Waals surface area contributed by atoms with Crippen molar-refractivity contribution in [2.75, 3.05) is 19.8 Å². The number of sulfonamides is 1. The van der Waals surface area contributed by atoms with Gasteiger partial charge in [0.15, 0.2) is 0 Å². The highest BCUT2D eigenvalue weighted by atomic mass is 32.2. The Balaban J connectivity index is 2.31. The van der Waals surface area contributed by atoms with Gasteiger partial charge in [-0.05, 0) is 36.0 Å². The third kappa shape index (κ3) is 5.03. The predicted octanol–water partition coefficient (Wildman–Crippen LogP) is 2.63. The van der Waals surface area contributed by atoms with E-state index >= 15 is 0 Å². The summed E-state index contributed by atoms with van der Waals surface area (Å²) in [5, 5.41) is 8.98. The number of rotatable bonds is 6. The molecule has 6 nitrogen and oxygen atoms in total. The van der Waals surface area contributed by atoms with Crippen LogP contribution >= 0.6 is 0 Å². The lowest BCUT2D eigenvalue weighted by atomic mass is 9.87. The molecule has 2 rings (SSSR count). The van der Waals surface area contributed by atoms with E-state index in [2.05, 4.69) is 20.8 Å². The number of hydrogen-bond donors (Lipinski definition) is 1. The molecule has 7 heteroatoms. The molecule has 1 saturated heterocycles. The maximum absolute atomic E-state index is 13.1. The fourth-order valence-corrected chi connectivity index (χ4v) is 4.63. The molecule has 0 aliphatic carbocycles. The van der Waals surface area contributed by atoms with Crippen LogP contribution in [0.1, 0.15) is 45.6 Å². The van der Waals surface area contributed by atoms with Crippen LogP contribution in [0.4, 0.5) is 0 Å². The highest BCUT2D eigenvalue weighted by molar-refractivity contribution is 7.89. The maximum Gasteiger partial charge on any atom is 0.304 e. The Hall–Kier alpha value is -1.44. The topological polar surface area (TPSA) is 83.9 Å². The predicted molar refractivity (Wildman–Crippen MR) is 95.1 cm³/mol. The lowest BCUT2D eigenvalue weighted by molar-refractivity contribution is -0.137. The molecule has 0 spiro atoms. The Morgan fingerprint density at radius 1 is 1.20 bits per heavy atom. The van der Waals surface area contributed by atoms with Crippen LogP contribution in [0.3, 0.4) is 0 Å². The summed E-state index contributed by atoms with van der Waals surface area (Å²) in [5.74, 6) is -1.00. The van der Waals surface area contributed by atoms with Crippen LogP contribution in [0.15, 0.2) is 29.2 Å². The molecule has 0 amide bonds. The van der Waals surface area contributed by atoms with Crippen LogP contribution < -0.4 is 0 Å². The zero-order valence-corrected chi connectivity index (χ0v) is 15.9. The van der Waals surface area contributed by atoms with Gasteiger partial charge in [-0.25, -0.2) is 8.42 Å². The SMILES string of the molecule is CC(C)(C)c1ccc(S(=O)(=O)N(CCC(=O)O)C2CCOCC2)cc1. The molecule has 0 atom stereocenters. The summed E-state index contributed by atoms with van der Waals surface area (Å²) in [6, 6.07) is 6.66. The molecular formula is C18H27NO5S. The lowest BCUT2D eigenvalue weighted by Gasteiger charge is -2.33. The van der Waals surface area contributed by atoms with Gasteiger partial charge in [-0.2, -0.15) is 4.31 Å². The van der Waals surface area contributed by atoms with Gasteiger partial charge in [-0.1, -0.05) is 32.9 Å². The van der Waals surface area contributed by atoms with Crippen molar-refractivity contribution in [3.63, 3.8) is 0 Å². The van der Waals surface area contributed by atoms with E-state index in [9.17, 15) is 13.2 Å². The van der Waals surface area contributed by atoms with Crippen molar-refractivity contribution >= 4 is 16.0 Å². The van der Waals surface area contributed by atoms with Gasteiger partial charge in [0.2, 0.25) is 10.0 Å².